The van der Waals surface area contributed by atoms with Crippen molar-refractivity contribution in [2.45, 2.75) is 13.0 Å². The molecule has 6 heterocycles. The van der Waals surface area contributed by atoms with E-state index < -0.39 is 23.1 Å². The van der Waals surface area contributed by atoms with Crippen molar-refractivity contribution in [1.29, 1.82) is 5.26 Å². The lowest BCUT2D eigenvalue weighted by molar-refractivity contribution is 0.102. The molecule has 1 N–H and O–H groups in total. The number of rotatable bonds is 8. The van der Waals surface area contributed by atoms with Gasteiger partial charge in [-0.2, -0.15) is 5.26 Å². The molecule has 0 unspecified atom stereocenters. The van der Waals surface area contributed by atoms with Crippen LogP contribution in [0.4, 0.5) is 14.5 Å². The molecular weight excluding hydrogens is 663 g/mol. The van der Waals surface area contributed by atoms with Gasteiger partial charge in [0.1, 0.15) is 22.9 Å². The first-order valence-corrected chi connectivity index (χ1v) is 16.6. The molecule has 1 amide bonds. The van der Waals surface area contributed by atoms with Crippen LogP contribution in [0.1, 0.15) is 21.5 Å². The quantitative estimate of drug-likeness (QED) is 0.187. The van der Waals surface area contributed by atoms with E-state index >= 15 is 4.39 Å². The largest absolute Gasteiger partial charge is 0.492 e. The van der Waals surface area contributed by atoms with Gasteiger partial charge in [0.25, 0.3) is 11.5 Å². The summed E-state index contributed by atoms with van der Waals surface area (Å²) in [5.41, 5.74) is 2.77. The van der Waals surface area contributed by atoms with Crippen LogP contribution in [0, 0.1) is 28.9 Å². The zero-order chi connectivity index (χ0) is 34.4. The molecule has 0 spiro atoms. The highest BCUT2D eigenvalue weighted by atomic mass is 32.1. The van der Waals surface area contributed by atoms with E-state index in [0.717, 1.165) is 41.8 Å². The molecule has 10 nitrogen and oxygen atoms in total. The van der Waals surface area contributed by atoms with Crippen molar-refractivity contribution < 1.29 is 23.0 Å². The summed E-state index contributed by atoms with van der Waals surface area (Å²) < 4.78 is 42.6. The van der Waals surface area contributed by atoms with Crippen molar-refractivity contribution in [2.24, 2.45) is 5.92 Å². The summed E-state index contributed by atoms with van der Waals surface area (Å²) in [6.07, 6.45) is 5.48. The van der Waals surface area contributed by atoms with E-state index in [1.54, 1.807) is 18.5 Å². The van der Waals surface area contributed by atoms with Crippen molar-refractivity contribution in [1.82, 2.24) is 19.4 Å². The molecule has 50 heavy (non-hydrogen) atoms. The molecular formula is C37H26F2N6O4S. The molecule has 1 saturated heterocycles. The van der Waals surface area contributed by atoms with Crippen LogP contribution >= 0.6 is 11.3 Å². The van der Waals surface area contributed by atoms with Crippen LogP contribution in [0.25, 0.3) is 26.5 Å². The van der Waals surface area contributed by atoms with E-state index in [2.05, 4.69) is 26.3 Å². The Morgan fingerprint density at radius 3 is 2.66 bits per heavy atom. The third-order valence-electron chi connectivity index (χ3n) is 8.59. The molecule has 2 aliphatic heterocycles. The second-order valence-electron chi connectivity index (χ2n) is 12.0. The number of hydrogen-bond donors (Lipinski definition) is 1. The highest BCUT2D eigenvalue weighted by Gasteiger charge is 2.28. The van der Waals surface area contributed by atoms with Gasteiger partial charge in [-0.25, -0.2) is 8.78 Å². The monoisotopic (exact) mass is 688 g/mol. The first-order valence-electron chi connectivity index (χ1n) is 15.7. The summed E-state index contributed by atoms with van der Waals surface area (Å²) >= 11 is 1.42. The Balaban J connectivity index is 0.999. The number of likely N-dealkylation sites (tertiary alicyclic amines) is 1. The van der Waals surface area contributed by atoms with Crippen molar-refractivity contribution in [3.05, 3.63) is 124 Å². The van der Waals surface area contributed by atoms with E-state index in [0.29, 0.717) is 40.2 Å². The summed E-state index contributed by atoms with van der Waals surface area (Å²) in [7, 11) is 0. The number of pyridine rings is 3. The lowest BCUT2D eigenvalue weighted by atomic mass is 10.0. The van der Waals surface area contributed by atoms with E-state index in [-0.39, 0.29) is 28.7 Å². The fourth-order valence-corrected chi connectivity index (χ4v) is 7.09. The molecule has 248 valence electrons. The number of fused-ring (bicyclic) bond motifs is 2. The van der Waals surface area contributed by atoms with Crippen LogP contribution in [-0.2, 0) is 13.0 Å². The Hall–Kier alpha value is -5.97. The molecule has 0 bridgehead atoms. The number of amides is 1. The Morgan fingerprint density at radius 1 is 1.06 bits per heavy atom. The smallest absolute Gasteiger partial charge is 0.271 e. The number of carbonyl (C=O) groups is 1. The number of anilines is 1. The minimum absolute atomic E-state index is 0.0693. The molecule has 8 rings (SSSR count). The average molecular weight is 689 g/mol. The molecule has 0 saturated carbocycles. The van der Waals surface area contributed by atoms with E-state index in [4.69, 9.17) is 14.7 Å². The minimum atomic E-state index is -0.769. The average Bonchev–Trinajstić information content (AvgIpc) is 3.76. The molecule has 13 heteroatoms. The van der Waals surface area contributed by atoms with Gasteiger partial charge < -0.3 is 14.8 Å². The van der Waals surface area contributed by atoms with Crippen LogP contribution in [0.15, 0.2) is 90.1 Å². The number of carbonyl (C=O) groups excluding carboxylic acids is 1. The van der Waals surface area contributed by atoms with Gasteiger partial charge in [-0.15, -0.1) is 11.3 Å². The number of benzene rings is 2. The Bertz CT molecular complexity index is 2380. The van der Waals surface area contributed by atoms with Gasteiger partial charge in [-0.3, -0.25) is 29.0 Å². The van der Waals surface area contributed by atoms with Crippen molar-refractivity contribution >= 4 is 33.1 Å². The van der Waals surface area contributed by atoms with Gasteiger partial charge in [0, 0.05) is 73.7 Å². The summed E-state index contributed by atoms with van der Waals surface area (Å²) in [4.78, 5) is 39.1. The van der Waals surface area contributed by atoms with E-state index in [9.17, 15) is 14.0 Å². The first-order chi connectivity index (χ1) is 24.3. The normalized spacial score (nSPS) is 14.1. The first kappa shape index (κ1) is 31.3. The Kier molecular flexibility index (Phi) is 8.02. The van der Waals surface area contributed by atoms with Crippen LogP contribution in [0.5, 0.6) is 17.2 Å². The third-order valence-corrected chi connectivity index (χ3v) is 9.76. The van der Waals surface area contributed by atoms with Gasteiger partial charge in [-0.05, 0) is 54.1 Å². The van der Waals surface area contributed by atoms with Crippen molar-refractivity contribution in [3.8, 4) is 39.6 Å². The maximum absolute atomic E-state index is 15.4. The molecule has 4 aromatic heterocycles. The number of thiophene rings is 1. The van der Waals surface area contributed by atoms with Crippen LogP contribution in [0.2, 0.25) is 0 Å². The van der Waals surface area contributed by atoms with Crippen LogP contribution in [0.3, 0.4) is 0 Å². The minimum Gasteiger partial charge on any atom is -0.492 e. The molecule has 1 fully saturated rings. The summed E-state index contributed by atoms with van der Waals surface area (Å²) in [6, 6.07) is 19.1. The highest BCUT2D eigenvalue weighted by molar-refractivity contribution is 7.22. The van der Waals surface area contributed by atoms with Crippen LogP contribution < -0.4 is 20.3 Å². The van der Waals surface area contributed by atoms with Crippen molar-refractivity contribution in [3.63, 3.8) is 0 Å². The number of ether oxygens (including phenoxy) is 2. The maximum Gasteiger partial charge on any atom is 0.271 e. The van der Waals surface area contributed by atoms with Crippen LogP contribution in [-0.4, -0.2) is 45.0 Å². The fourth-order valence-electron chi connectivity index (χ4n) is 6.05. The van der Waals surface area contributed by atoms with Crippen molar-refractivity contribution in [2.75, 3.05) is 25.0 Å². The Morgan fingerprint density at radius 2 is 1.90 bits per heavy atom. The molecule has 6 aromatic rings. The molecule has 0 radical (unpaired) electrons. The topological polar surface area (TPSA) is 122 Å². The Labute approximate surface area is 287 Å². The second kappa shape index (κ2) is 12.8. The van der Waals surface area contributed by atoms with Gasteiger partial charge in [0.15, 0.2) is 11.6 Å². The number of nitrogens with one attached hydrogen (secondary N) is 1. The third kappa shape index (κ3) is 5.95. The fraction of sp³-hybridized carbons (Fsp3) is 0.162. The van der Waals surface area contributed by atoms with E-state index in [1.807, 2.05) is 24.4 Å². The number of halogens is 2. The predicted molar refractivity (Wildman–Crippen MR) is 183 cm³/mol. The maximum atomic E-state index is 15.4. The zero-order valence-corrected chi connectivity index (χ0v) is 27.0. The molecule has 2 aliphatic rings. The highest BCUT2D eigenvalue weighted by Crippen LogP contribution is 2.39. The molecule has 0 aliphatic carbocycles. The number of aromatic nitrogens is 3. The summed E-state index contributed by atoms with van der Waals surface area (Å²) in [5.74, 6) is -1.35. The predicted octanol–water partition coefficient (Wildman–Crippen LogP) is 6.72. The van der Waals surface area contributed by atoms with E-state index in [1.165, 1.54) is 52.3 Å². The van der Waals surface area contributed by atoms with Gasteiger partial charge in [-0.1, -0.05) is 6.07 Å². The van der Waals surface area contributed by atoms with Gasteiger partial charge >= 0.3 is 0 Å². The summed E-state index contributed by atoms with van der Waals surface area (Å²) in [6.45, 7) is 2.58. The number of hydrogen-bond acceptors (Lipinski definition) is 9. The van der Waals surface area contributed by atoms with Gasteiger partial charge in [0.05, 0.1) is 39.4 Å². The standard InChI is InChI=1S/C37H26F2N6O4S/c38-24-2-5-26(6-3-24)45-20-23-10-12-48-34(23)33(37(45)47)36(46)43-25-4-8-30(27(39)13-25)49-31-9-11-41-29-14-32(50-35(29)31)28-7-1-21(16-42-28)17-44-18-22(15-40)19-44/h1-9,11,13-14,16,20,22H,10,12,17-19H2,(H,43,46). The lowest BCUT2D eigenvalue weighted by Crippen LogP contribution is -2.45. The van der Waals surface area contributed by atoms with Gasteiger partial charge in [0.2, 0.25) is 0 Å². The zero-order valence-electron chi connectivity index (χ0n) is 26.2. The number of nitrogens with zero attached hydrogens (tertiary/aromatic N) is 5. The molecule has 0 atom stereocenters. The SMILES string of the molecule is N#CC1CN(Cc2ccc(-c3cc4nccc(Oc5ccc(NC(=O)c6c7c(cn(-c8ccc(F)cc8)c6=O)CCO7)cc5F)c4s3)nc2)C1. The number of nitriles is 1. The lowest BCUT2D eigenvalue weighted by Gasteiger charge is -2.35. The summed E-state index contributed by atoms with van der Waals surface area (Å²) in [5, 5.41) is 11.6. The molecule has 2 aromatic carbocycles. The second-order valence-corrected chi connectivity index (χ2v) is 13.1.